The molecule has 1 saturated heterocycles. The molecule has 0 aromatic carbocycles. The molecule has 110 valence electrons. The Balaban J connectivity index is 2.17. The van der Waals surface area contributed by atoms with Gasteiger partial charge in [0.25, 0.3) is 5.91 Å². The highest BCUT2D eigenvalue weighted by atomic mass is 16.2. The van der Waals surface area contributed by atoms with Crippen LogP contribution in [0.5, 0.6) is 0 Å². The first-order valence-electron chi connectivity index (χ1n) is 7.48. The fourth-order valence-electron chi connectivity index (χ4n) is 2.44. The molecule has 0 aliphatic carbocycles. The number of amides is 1. The zero-order valence-electron chi connectivity index (χ0n) is 12.6. The number of carbonyl (C=O) groups is 1. The molecule has 1 aromatic heterocycles. The van der Waals surface area contributed by atoms with Crippen molar-refractivity contribution in [1.29, 1.82) is 0 Å². The monoisotopic (exact) mass is 276 g/mol. The molecule has 5 heteroatoms. The Bertz CT molecular complexity index is 465. The fourth-order valence-corrected chi connectivity index (χ4v) is 2.44. The van der Waals surface area contributed by atoms with Gasteiger partial charge in [-0.2, -0.15) is 0 Å². The molecule has 1 fully saturated rings. The second kappa shape index (κ2) is 6.68. The lowest BCUT2D eigenvalue weighted by molar-refractivity contribution is 0.0755. The van der Waals surface area contributed by atoms with Crippen LogP contribution < -0.4 is 5.32 Å². The number of hydrogen-bond acceptors (Lipinski definition) is 4. The number of likely N-dealkylation sites (tertiary alicyclic amines) is 1. The standard InChI is InChI=1S/C15H24N4O/c1-11(2)16-15-17-12(3)10-13(18-15)14(20)19-8-6-4-5-7-9-19/h10-11H,4-9H2,1-3H3,(H,16,17,18). The van der Waals surface area contributed by atoms with Crippen LogP contribution in [0, 0.1) is 6.92 Å². The van der Waals surface area contributed by atoms with Gasteiger partial charge in [-0.15, -0.1) is 0 Å². The first-order valence-corrected chi connectivity index (χ1v) is 7.48. The zero-order chi connectivity index (χ0) is 14.5. The van der Waals surface area contributed by atoms with Gasteiger partial charge in [-0.3, -0.25) is 4.79 Å². The first kappa shape index (κ1) is 14.8. The molecular formula is C15H24N4O. The van der Waals surface area contributed by atoms with Crippen molar-refractivity contribution >= 4 is 11.9 Å². The summed E-state index contributed by atoms with van der Waals surface area (Å²) in [6.45, 7) is 7.64. The van der Waals surface area contributed by atoms with Crippen molar-refractivity contribution < 1.29 is 4.79 Å². The Morgan fingerprint density at radius 2 is 1.85 bits per heavy atom. The molecule has 1 N–H and O–H groups in total. The van der Waals surface area contributed by atoms with Crippen molar-refractivity contribution in [2.45, 2.75) is 52.5 Å². The largest absolute Gasteiger partial charge is 0.352 e. The van der Waals surface area contributed by atoms with E-state index in [4.69, 9.17) is 0 Å². The molecule has 2 rings (SSSR count). The van der Waals surface area contributed by atoms with Crippen LogP contribution in [0.25, 0.3) is 0 Å². The molecule has 0 radical (unpaired) electrons. The molecule has 1 amide bonds. The molecule has 0 bridgehead atoms. The lowest BCUT2D eigenvalue weighted by Crippen LogP contribution is -2.32. The summed E-state index contributed by atoms with van der Waals surface area (Å²) in [4.78, 5) is 23.2. The van der Waals surface area contributed by atoms with E-state index in [2.05, 4.69) is 15.3 Å². The highest BCUT2D eigenvalue weighted by molar-refractivity contribution is 5.92. The van der Waals surface area contributed by atoms with Crippen molar-refractivity contribution in [1.82, 2.24) is 14.9 Å². The van der Waals surface area contributed by atoms with Crippen LogP contribution in [0.2, 0.25) is 0 Å². The maximum absolute atomic E-state index is 12.6. The van der Waals surface area contributed by atoms with Gasteiger partial charge in [0.1, 0.15) is 5.69 Å². The fraction of sp³-hybridized carbons (Fsp3) is 0.667. The molecule has 5 nitrogen and oxygen atoms in total. The van der Waals surface area contributed by atoms with Gasteiger partial charge in [0.05, 0.1) is 0 Å². The minimum Gasteiger partial charge on any atom is -0.352 e. The molecule has 0 unspecified atom stereocenters. The third-order valence-corrected chi connectivity index (χ3v) is 3.38. The van der Waals surface area contributed by atoms with Gasteiger partial charge in [0.2, 0.25) is 5.95 Å². The zero-order valence-corrected chi connectivity index (χ0v) is 12.6. The van der Waals surface area contributed by atoms with Crippen molar-refractivity contribution in [3.8, 4) is 0 Å². The van der Waals surface area contributed by atoms with E-state index >= 15 is 0 Å². The van der Waals surface area contributed by atoms with E-state index in [1.807, 2.05) is 25.7 Å². The molecule has 0 spiro atoms. The van der Waals surface area contributed by atoms with Crippen LogP contribution in [0.1, 0.15) is 55.7 Å². The van der Waals surface area contributed by atoms with E-state index in [0.717, 1.165) is 31.6 Å². The molecular weight excluding hydrogens is 252 g/mol. The summed E-state index contributed by atoms with van der Waals surface area (Å²) in [6, 6.07) is 2.02. The van der Waals surface area contributed by atoms with Crippen LogP contribution in [0.4, 0.5) is 5.95 Å². The predicted octanol–water partition coefficient (Wildman–Crippen LogP) is 2.62. The number of aryl methyl sites for hydroxylation is 1. The summed E-state index contributed by atoms with van der Waals surface area (Å²) in [6.07, 6.45) is 4.61. The highest BCUT2D eigenvalue weighted by Crippen LogP contribution is 2.14. The van der Waals surface area contributed by atoms with Gasteiger partial charge in [-0.1, -0.05) is 12.8 Å². The van der Waals surface area contributed by atoms with Gasteiger partial charge >= 0.3 is 0 Å². The van der Waals surface area contributed by atoms with E-state index in [0.29, 0.717) is 11.6 Å². The first-order chi connectivity index (χ1) is 9.56. The van der Waals surface area contributed by atoms with Gasteiger partial charge in [-0.25, -0.2) is 9.97 Å². The quantitative estimate of drug-likeness (QED) is 0.922. The Hall–Kier alpha value is -1.65. The molecule has 2 heterocycles. The van der Waals surface area contributed by atoms with E-state index in [9.17, 15) is 4.79 Å². The number of rotatable bonds is 3. The van der Waals surface area contributed by atoms with Crippen LogP contribution in [0.15, 0.2) is 6.07 Å². The molecule has 20 heavy (non-hydrogen) atoms. The lowest BCUT2D eigenvalue weighted by atomic mass is 10.2. The second-order valence-corrected chi connectivity index (χ2v) is 5.72. The predicted molar refractivity (Wildman–Crippen MR) is 79.9 cm³/mol. The van der Waals surface area contributed by atoms with Crippen LogP contribution in [0.3, 0.4) is 0 Å². The van der Waals surface area contributed by atoms with Crippen molar-refractivity contribution in [2.24, 2.45) is 0 Å². The van der Waals surface area contributed by atoms with Crippen molar-refractivity contribution in [2.75, 3.05) is 18.4 Å². The number of aromatic nitrogens is 2. The van der Waals surface area contributed by atoms with Gasteiger partial charge in [-0.05, 0) is 39.7 Å². The van der Waals surface area contributed by atoms with E-state index < -0.39 is 0 Å². The van der Waals surface area contributed by atoms with Crippen molar-refractivity contribution in [3.05, 3.63) is 17.5 Å². The van der Waals surface area contributed by atoms with Gasteiger partial charge in [0.15, 0.2) is 0 Å². The van der Waals surface area contributed by atoms with E-state index in [1.54, 1.807) is 6.07 Å². The van der Waals surface area contributed by atoms with Gasteiger partial charge in [0, 0.05) is 24.8 Å². The Kier molecular flexibility index (Phi) is 4.93. The molecule has 1 aliphatic heterocycles. The molecule has 1 aliphatic rings. The normalized spacial score (nSPS) is 16.1. The summed E-state index contributed by atoms with van der Waals surface area (Å²) in [5, 5.41) is 3.16. The SMILES string of the molecule is Cc1cc(C(=O)N2CCCCCC2)nc(NC(C)C)n1. The van der Waals surface area contributed by atoms with Crippen molar-refractivity contribution in [3.63, 3.8) is 0 Å². The van der Waals surface area contributed by atoms with Crippen LogP contribution in [-0.4, -0.2) is 39.9 Å². The highest BCUT2D eigenvalue weighted by Gasteiger charge is 2.19. The minimum atomic E-state index is 0.0317. The third-order valence-electron chi connectivity index (χ3n) is 3.38. The maximum Gasteiger partial charge on any atom is 0.272 e. The van der Waals surface area contributed by atoms with E-state index in [-0.39, 0.29) is 11.9 Å². The summed E-state index contributed by atoms with van der Waals surface area (Å²) < 4.78 is 0. The number of anilines is 1. The lowest BCUT2D eigenvalue weighted by Gasteiger charge is -2.20. The Labute approximate surface area is 120 Å². The van der Waals surface area contributed by atoms with Crippen LogP contribution in [-0.2, 0) is 0 Å². The second-order valence-electron chi connectivity index (χ2n) is 5.72. The minimum absolute atomic E-state index is 0.0317. The molecule has 1 aromatic rings. The summed E-state index contributed by atoms with van der Waals surface area (Å²) in [5.74, 6) is 0.572. The summed E-state index contributed by atoms with van der Waals surface area (Å²) in [7, 11) is 0. The number of nitrogens with one attached hydrogen (secondary N) is 1. The van der Waals surface area contributed by atoms with Crippen LogP contribution >= 0.6 is 0 Å². The molecule has 0 saturated carbocycles. The number of nitrogens with zero attached hydrogens (tertiary/aromatic N) is 3. The average molecular weight is 276 g/mol. The summed E-state index contributed by atoms with van der Waals surface area (Å²) in [5.41, 5.74) is 1.32. The topological polar surface area (TPSA) is 58.1 Å². The Morgan fingerprint density at radius 3 is 2.45 bits per heavy atom. The Morgan fingerprint density at radius 1 is 1.20 bits per heavy atom. The third kappa shape index (κ3) is 3.92. The maximum atomic E-state index is 12.6. The molecule has 0 atom stereocenters. The summed E-state index contributed by atoms with van der Waals surface area (Å²) >= 11 is 0. The van der Waals surface area contributed by atoms with E-state index in [1.165, 1.54) is 12.8 Å². The van der Waals surface area contributed by atoms with Gasteiger partial charge < -0.3 is 10.2 Å². The number of carbonyl (C=O) groups excluding carboxylic acids is 1. The number of hydrogen-bond donors (Lipinski definition) is 1. The average Bonchev–Trinajstić information content (AvgIpc) is 2.65. The smallest absolute Gasteiger partial charge is 0.272 e.